The van der Waals surface area contributed by atoms with E-state index in [4.69, 9.17) is 0 Å². The van der Waals surface area contributed by atoms with Gasteiger partial charge in [0.1, 0.15) is 16.9 Å². The number of hydrogen-bond acceptors (Lipinski definition) is 5. The third-order valence-electron chi connectivity index (χ3n) is 4.20. The first-order valence-electron chi connectivity index (χ1n) is 8.19. The summed E-state index contributed by atoms with van der Waals surface area (Å²) in [5.74, 6) is -0.104. The third-order valence-corrected chi connectivity index (χ3v) is 5.91. The quantitative estimate of drug-likeness (QED) is 0.637. The van der Waals surface area contributed by atoms with Gasteiger partial charge in [-0.2, -0.15) is 0 Å². The fraction of sp³-hybridized carbons (Fsp3) is 0.167. The van der Waals surface area contributed by atoms with Gasteiger partial charge < -0.3 is 10.7 Å². The van der Waals surface area contributed by atoms with Gasteiger partial charge in [0.25, 0.3) is 0 Å². The summed E-state index contributed by atoms with van der Waals surface area (Å²) in [7, 11) is 0. The van der Waals surface area contributed by atoms with Crippen molar-refractivity contribution in [1.82, 2.24) is 14.9 Å². The number of halogens is 2. The molecule has 3 aromatic rings. The van der Waals surface area contributed by atoms with E-state index in [2.05, 4.69) is 36.9 Å². The summed E-state index contributed by atoms with van der Waals surface area (Å²) in [5, 5.41) is 10.9. The number of thioether (sulfide) groups is 1. The largest absolute Gasteiger partial charge is 0.323 e. The second-order valence-electron chi connectivity index (χ2n) is 6.03. The maximum atomic E-state index is 14.1. The van der Waals surface area contributed by atoms with E-state index >= 15 is 0 Å². The summed E-state index contributed by atoms with van der Waals surface area (Å²) in [6.45, 7) is 1.84. The summed E-state index contributed by atoms with van der Waals surface area (Å²) in [4.78, 5) is 13.0. The molecule has 2 atom stereocenters. The minimum atomic E-state index is -0.549. The molecule has 138 valence electrons. The number of rotatable bonds is 3. The highest BCUT2D eigenvalue weighted by molar-refractivity contribution is 9.10. The first kappa shape index (κ1) is 18.0. The van der Waals surface area contributed by atoms with E-state index in [1.54, 1.807) is 10.7 Å². The normalized spacial score (nSPS) is 18.5. The van der Waals surface area contributed by atoms with E-state index in [1.165, 1.54) is 23.9 Å². The van der Waals surface area contributed by atoms with Gasteiger partial charge in [-0.25, -0.2) is 9.07 Å². The van der Waals surface area contributed by atoms with Crippen LogP contribution in [-0.2, 0) is 4.79 Å². The number of aryl methyl sites for hydroxylation is 1. The Kier molecular flexibility index (Phi) is 4.88. The van der Waals surface area contributed by atoms with Gasteiger partial charge >= 0.3 is 0 Å². The molecule has 0 radical (unpaired) electrons. The zero-order chi connectivity index (χ0) is 19.0. The lowest BCUT2D eigenvalue weighted by molar-refractivity contribution is -0.116. The fourth-order valence-corrected chi connectivity index (χ4v) is 4.32. The molecule has 0 spiro atoms. The van der Waals surface area contributed by atoms with Crippen LogP contribution in [0, 0.1) is 12.7 Å². The zero-order valence-corrected chi connectivity index (χ0v) is 16.6. The molecule has 4 rings (SSSR count). The molecule has 0 unspecified atom stereocenters. The van der Waals surface area contributed by atoms with Crippen molar-refractivity contribution in [3.8, 4) is 0 Å². The zero-order valence-electron chi connectivity index (χ0n) is 14.2. The van der Waals surface area contributed by atoms with Gasteiger partial charge in [-0.05, 0) is 30.7 Å². The number of fused-ring (bicyclic) bond motifs is 1. The molecule has 2 aromatic carbocycles. The van der Waals surface area contributed by atoms with Gasteiger partial charge in [-0.1, -0.05) is 58.0 Å². The summed E-state index contributed by atoms with van der Waals surface area (Å²) in [6.07, 6.45) is 0. The van der Waals surface area contributed by atoms with Gasteiger partial charge in [0.15, 0.2) is 0 Å². The summed E-state index contributed by atoms with van der Waals surface area (Å²) in [5.41, 5.74) is 4.39. The van der Waals surface area contributed by atoms with E-state index < -0.39 is 11.1 Å². The van der Waals surface area contributed by atoms with E-state index in [9.17, 15) is 9.18 Å². The Balaban J connectivity index is 1.66. The van der Waals surface area contributed by atoms with Crippen LogP contribution in [0.25, 0.3) is 0 Å². The maximum absolute atomic E-state index is 14.1. The molecule has 6 nitrogen and oxygen atoms in total. The van der Waals surface area contributed by atoms with Crippen LogP contribution >= 0.6 is 27.7 Å². The lowest BCUT2D eigenvalue weighted by Crippen LogP contribution is -2.41. The highest BCUT2D eigenvalue weighted by Gasteiger charge is 2.37. The maximum Gasteiger partial charge on any atom is 0.240 e. The van der Waals surface area contributed by atoms with Crippen molar-refractivity contribution in [2.45, 2.75) is 23.4 Å². The molecular formula is C18H15BrFN5OS. The second-order valence-corrected chi connectivity index (χ2v) is 8.06. The highest BCUT2D eigenvalue weighted by atomic mass is 79.9. The van der Waals surface area contributed by atoms with Crippen LogP contribution in [0.4, 0.5) is 10.1 Å². The molecule has 0 saturated carbocycles. The van der Waals surface area contributed by atoms with Crippen molar-refractivity contribution in [1.29, 1.82) is 0 Å². The molecule has 9 heteroatoms. The number of carbonyl (C=O) groups excluding carboxylic acids is 1. The standard InChI is InChI=1S/C18H15BrFN5OS/c1-10-22-23-18-25(10)24-15(11-5-3-2-4-6-11)16(27-18)17(26)21-14-8-7-12(19)9-13(14)20/h2-9,15-16,24H,1H3,(H,21,26)/t15-,16-/m0/s1. The van der Waals surface area contributed by atoms with Gasteiger partial charge in [-0.15, -0.1) is 10.2 Å². The van der Waals surface area contributed by atoms with Gasteiger partial charge in [0.2, 0.25) is 11.1 Å². The molecule has 0 fully saturated rings. The molecule has 1 amide bonds. The minimum Gasteiger partial charge on any atom is -0.323 e. The molecule has 2 heterocycles. The molecule has 0 aliphatic carbocycles. The number of nitrogens with one attached hydrogen (secondary N) is 2. The number of nitrogens with zero attached hydrogens (tertiary/aromatic N) is 3. The van der Waals surface area contributed by atoms with Crippen LogP contribution in [0.5, 0.6) is 0 Å². The van der Waals surface area contributed by atoms with Gasteiger partial charge in [-0.3, -0.25) is 4.79 Å². The molecule has 0 bridgehead atoms. The summed E-state index contributed by atoms with van der Waals surface area (Å²) in [6, 6.07) is 13.9. The van der Waals surface area contributed by atoms with Gasteiger partial charge in [0, 0.05) is 4.47 Å². The number of amides is 1. The second kappa shape index (κ2) is 7.32. The number of benzene rings is 2. The molecule has 1 aliphatic rings. The predicted octanol–water partition coefficient (Wildman–Crippen LogP) is 3.89. The first-order valence-corrected chi connectivity index (χ1v) is 9.86. The lowest BCUT2D eigenvalue weighted by Gasteiger charge is -2.32. The molecular weight excluding hydrogens is 433 g/mol. The molecule has 0 saturated heterocycles. The van der Waals surface area contributed by atoms with Crippen LogP contribution in [0.3, 0.4) is 0 Å². The van der Waals surface area contributed by atoms with Gasteiger partial charge in [0.05, 0.1) is 11.7 Å². The monoisotopic (exact) mass is 447 g/mol. The minimum absolute atomic E-state index is 0.138. The molecule has 1 aromatic heterocycles. The Morgan fingerprint density at radius 1 is 1.26 bits per heavy atom. The summed E-state index contributed by atoms with van der Waals surface area (Å²) >= 11 is 4.52. The Morgan fingerprint density at radius 3 is 2.78 bits per heavy atom. The Bertz CT molecular complexity index is 997. The van der Waals surface area contributed by atoms with Crippen LogP contribution < -0.4 is 10.7 Å². The Morgan fingerprint density at radius 2 is 2.04 bits per heavy atom. The Labute approximate surface area is 167 Å². The first-order chi connectivity index (χ1) is 13.0. The number of aromatic nitrogens is 3. The van der Waals surface area contributed by atoms with Crippen LogP contribution in [0.15, 0.2) is 58.2 Å². The van der Waals surface area contributed by atoms with E-state index in [0.717, 1.165) is 5.56 Å². The van der Waals surface area contributed by atoms with E-state index in [0.29, 0.717) is 15.5 Å². The molecule has 2 N–H and O–H groups in total. The summed E-state index contributed by atoms with van der Waals surface area (Å²) < 4.78 is 16.5. The van der Waals surface area contributed by atoms with E-state index in [-0.39, 0.29) is 17.6 Å². The topological polar surface area (TPSA) is 71.8 Å². The fourth-order valence-electron chi connectivity index (χ4n) is 2.87. The number of anilines is 1. The van der Waals surface area contributed by atoms with Crippen LogP contribution in [-0.4, -0.2) is 26.0 Å². The van der Waals surface area contributed by atoms with Crippen molar-refractivity contribution in [3.05, 3.63) is 70.2 Å². The van der Waals surface area contributed by atoms with Crippen LogP contribution in [0.2, 0.25) is 0 Å². The van der Waals surface area contributed by atoms with E-state index in [1.807, 2.05) is 37.3 Å². The SMILES string of the molecule is Cc1nnc2n1N[C@@H](c1ccccc1)[C@@H](C(=O)Nc1ccc(Br)cc1F)S2. The number of carbonyl (C=O) groups is 1. The highest BCUT2D eigenvalue weighted by Crippen LogP contribution is 2.37. The van der Waals surface area contributed by atoms with Crippen molar-refractivity contribution in [2.24, 2.45) is 0 Å². The van der Waals surface area contributed by atoms with Crippen molar-refractivity contribution in [2.75, 3.05) is 10.7 Å². The lowest BCUT2D eigenvalue weighted by atomic mass is 10.0. The van der Waals surface area contributed by atoms with Crippen molar-refractivity contribution < 1.29 is 9.18 Å². The number of hydrogen-bond donors (Lipinski definition) is 2. The van der Waals surface area contributed by atoms with Crippen molar-refractivity contribution in [3.63, 3.8) is 0 Å². The average Bonchev–Trinajstić information content (AvgIpc) is 3.04. The predicted molar refractivity (Wildman–Crippen MR) is 106 cm³/mol. The molecule has 1 aliphatic heterocycles. The van der Waals surface area contributed by atoms with Crippen LogP contribution in [0.1, 0.15) is 17.4 Å². The van der Waals surface area contributed by atoms with Crippen molar-refractivity contribution >= 4 is 39.3 Å². The third kappa shape index (κ3) is 3.57. The smallest absolute Gasteiger partial charge is 0.240 e. The average molecular weight is 448 g/mol. The molecule has 27 heavy (non-hydrogen) atoms. The Hall–Kier alpha value is -2.39.